The molecule has 0 unspecified atom stereocenters. The van der Waals surface area contributed by atoms with E-state index in [1.54, 1.807) is 12.1 Å². The van der Waals surface area contributed by atoms with Crippen molar-refractivity contribution in [1.29, 1.82) is 0 Å². The molecule has 4 fully saturated rings. The van der Waals surface area contributed by atoms with Crippen LogP contribution in [0.5, 0.6) is 23.0 Å². The third-order valence-electron chi connectivity index (χ3n) is 17.2. The van der Waals surface area contributed by atoms with E-state index in [-0.39, 0.29) is 23.6 Å². The van der Waals surface area contributed by atoms with Gasteiger partial charge in [0.2, 0.25) is 0 Å². The van der Waals surface area contributed by atoms with Crippen molar-refractivity contribution in [2.24, 2.45) is 11.8 Å². The topological polar surface area (TPSA) is 111 Å². The number of phenolic OH excluding ortho intramolecular Hbond substituents is 2. The third-order valence-corrected chi connectivity index (χ3v) is 17.2. The van der Waals surface area contributed by atoms with Crippen LogP contribution in [0.3, 0.4) is 0 Å². The molecule has 4 aliphatic heterocycles. The van der Waals surface area contributed by atoms with Crippen molar-refractivity contribution < 1.29 is 29.9 Å². The van der Waals surface area contributed by atoms with E-state index in [1.165, 1.54) is 36.8 Å². The Morgan fingerprint density at radius 3 is 1.57 bits per heavy atom. The molecular weight excluding hydrogens is 703 g/mol. The summed E-state index contributed by atoms with van der Waals surface area (Å²) < 4.78 is 16.9. The van der Waals surface area contributed by atoms with Crippen LogP contribution in [-0.2, 0) is 43.1 Å². The summed E-state index contributed by atoms with van der Waals surface area (Å²) in [4.78, 5) is 5.19. The Labute approximate surface area is 326 Å². The molecule has 9 nitrogen and oxygen atoms in total. The van der Waals surface area contributed by atoms with Gasteiger partial charge in [-0.05, 0) is 116 Å². The predicted molar refractivity (Wildman–Crippen MR) is 206 cm³/mol. The number of rotatable bonds is 6. The summed E-state index contributed by atoms with van der Waals surface area (Å²) >= 11 is 0. The maximum absolute atomic E-state index is 13.9. The first-order chi connectivity index (χ1) is 27.2. The molecule has 2 saturated heterocycles. The van der Waals surface area contributed by atoms with Crippen LogP contribution in [0.4, 0.5) is 0 Å². The van der Waals surface area contributed by atoms with Gasteiger partial charge in [-0.2, -0.15) is 0 Å². The van der Waals surface area contributed by atoms with Crippen molar-refractivity contribution in [3.05, 3.63) is 105 Å². The second-order valence-corrected chi connectivity index (χ2v) is 19.7. The number of hydrogen-bond donors (Lipinski definition) is 4. The molecule has 4 bridgehead atoms. The summed E-state index contributed by atoms with van der Waals surface area (Å²) in [6.07, 6.45) is 7.84. The first kappa shape index (κ1) is 32.0. The van der Waals surface area contributed by atoms with Gasteiger partial charge in [-0.25, -0.2) is 0 Å². The molecular formula is C47H49N3O6. The second-order valence-electron chi connectivity index (χ2n) is 19.7. The van der Waals surface area contributed by atoms with Gasteiger partial charge in [0.05, 0.1) is 33.4 Å². The van der Waals surface area contributed by atoms with Gasteiger partial charge in [0, 0.05) is 55.7 Å². The maximum atomic E-state index is 13.9. The van der Waals surface area contributed by atoms with Crippen molar-refractivity contribution >= 4 is 0 Å². The molecule has 6 aliphatic carbocycles. The molecule has 4 N–H and O–H groups in total. The number of hydrogen-bond acceptors (Lipinski definition) is 8. The summed E-state index contributed by atoms with van der Waals surface area (Å²) in [5.74, 6) is 2.74. The lowest BCUT2D eigenvalue weighted by Crippen LogP contribution is -2.75. The van der Waals surface area contributed by atoms with Crippen LogP contribution in [-0.4, -0.2) is 84.3 Å². The number of benzene rings is 3. The van der Waals surface area contributed by atoms with Crippen molar-refractivity contribution in [1.82, 2.24) is 14.4 Å². The standard InChI is InChI=1S/C47H49N3O6/c51-32-12-10-28-18-34-46(53)20-30-31-21-47(54)35-19-29-11-13-33(52)41-37(29)45(47,15-17-49(35)23-27-8-9-27)43(56-41)39(31)50(24-25-4-2-1-3-5-25)38(30)42-44(46,36(28)40(32)55-42)14-16-48(34)22-26-6-7-26/h1-5,10-13,26-27,34-35,42-43,51-54H,6-9,14-24H2/t34-,35-,42+,43+,44+,45+,46-,47-/m1/s1. The zero-order chi connectivity index (χ0) is 37.1. The molecule has 0 radical (unpaired) electrons. The van der Waals surface area contributed by atoms with E-state index in [1.807, 2.05) is 0 Å². The number of aliphatic hydroxyl groups is 2. The fourth-order valence-corrected chi connectivity index (χ4v) is 14.5. The van der Waals surface area contributed by atoms with E-state index in [4.69, 9.17) is 9.47 Å². The van der Waals surface area contributed by atoms with Crippen molar-refractivity contribution in [2.75, 3.05) is 26.2 Å². The van der Waals surface area contributed by atoms with Gasteiger partial charge in [0.15, 0.2) is 35.2 Å². The Balaban J connectivity index is 1.04. The number of nitrogens with zero attached hydrogens (tertiary/aromatic N) is 3. The van der Waals surface area contributed by atoms with E-state index >= 15 is 0 Å². The summed E-state index contributed by atoms with van der Waals surface area (Å²) in [6, 6.07) is 18.2. The van der Waals surface area contributed by atoms with Crippen LogP contribution in [0.25, 0.3) is 0 Å². The number of aromatic nitrogens is 1. The fourth-order valence-electron chi connectivity index (χ4n) is 14.5. The van der Waals surface area contributed by atoms with E-state index in [0.717, 1.165) is 91.1 Å². The Bertz CT molecular complexity index is 2280. The minimum absolute atomic E-state index is 0.0835. The van der Waals surface area contributed by atoms with Gasteiger partial charge in [0.25, 0.3) is 0 Å². The van der Waals surface area contributed by atoms with E-state index < -0.39 is 34.2 Å². The Morgan fingerprint density at radius 2 is 1.11 bits per heavy atom. The van der Waals surface area contributed by atoms with Gasteiger partial charge in [0.1, 0.15) is 0 Å². The summed E-state index contributed by atoms with van der Waals surface area (Å²) in [6.45, 7) is 4.37. The predicted octanol–water partition coefficient (Wildman–Crippen LogP) is 5.35. The lowest BCUT2D eigenvalue weighted by atomic mass is 9.47. The lowest BCUT2D eigenvalue weighted by molar-refractivity contribution is -0.176. The van der Waals surface area contributed by atoms with E-state index in [9.17, 15) is 20.4 Å². The lowest BCUT2D eigenvalue weighted by Gasteiger charge is -2.63. The Kier molecular flexibility index (Phi) is 5.80. The highest BCUT2D eigenvalue weighted by Crippen LogP contribution is 2.73. The van der Waals surface area contributed by atoms with Gasteiger partial charge >= 0.3 is 0 Å². The smallest absolute Gasteiger partial charge is 0.166 e. The average molecular weight is 752 g/mol. The molecule has 10 aliphatic rings. The van der Waals surface area contributed by atoms with Crippen molar-refractivity contribution in [3.8, 4) is 23.0 Å². The minimum atomic E-state index is -1.14. The molecule has 8 atom stereocenters. The van der Waals surface area contributed by atoms with Crippen LogP contribution in [0.2, 0.25) is 0 Å². The van der Waals surface area contributed by atoms with Crippen LogP contribution < -0.4 is 9.47 Å². The van der Waals surface area contributed by atoms with Gasteiger partial charge in [-0.15, -0.1) is 0 Å². The highest BCUT2D eigenvalue weighted by atomic mass is 16.5. The van der Waals surface area contributed by atoms with Crippen LogP contribution in [0, 0.1) is 11.8 Å². The quantitative estimate of drug-likeness (QED) is 0.209. The molecule has 9 heteroatoms. The van der Waals surface area contributed by atoms with Gasteiger partial charge in [-0.1, -0.05) is 42.5 Å². The zero-order valence-corrected chi connectivity index (χ0v) is 31.7. The number of ether oxygens (including phenoxy) is 2. The summed E-state index contributed by atoms with van der Waals surface area (Å²) in [5, 5.41) is 50.8. The van der Waals surface area contributed by atoms with Crippen LogP contribution in [0.1, 0.15) is 101 Å². The monoisotopic (exact) mass is 751 g/mol. The van der Waals surface area contributed by atoms with Crippen molar-refractivity contribution in [2.45, 2.75) is 117 Å². The largest absolute Gasteiger partial charge is 0.504 e. The normalized spacial score (nSPS) is 37.6. The molecule has 4 aromatic rings. The highest BCUT2D eigenvalue weighted by molar-refractivity contribution is 5.69. The highest BCUT2D eigenvalue weighted by Gasteiger charge is 2.77. The van der Waals surface area contributed by atoms with Crippen molar-refractivity contribution in [3.63, 3.8) is 0 Å². The molecule has 14 rings (SSSR count). The Morgan fingerprint density at radius 1 is 0.625 bits per heavy atom. The maximum Gasteiger partial charge on any atom is 0.166 e. The minimum Gasteiger partial charge on any atom is -0.504 e. The van der Waals surface area contributed by atoms with E-state index in [2.05, 4.69) is 56.8 Å². The number of fused-ring (bicyclic) bond motifs is 5. The first-order valence-corrected chi connectivity index (χ1v) is 21.5. The molecule has 1 aromatic heterocycles. The first-order valence-electron chi connectivity index (χ1n) is 21.5. The van der Waals surface area contributed by atoms with Crippen LogP contribution >= 0.6 is 0 Å². The Hall–Kier alpha value is -4.02. The number of phenols is 2. The third kappa shape index (κ3) is 3.54. The SMILES string of the molecule is Oc1ccc2c3c1O[C@H]1c4c(c5c(n4Cc4ccccc4)[C@@H]4Oc6c(O)ccc7c6[C@@]46CCN(CC4CC4)[C@H](C7)[C@]6(O)C5)C[C@@]4(O)[C@@H](C2)N(CC2CC2)CC[C@]314. The molecule has 0 amide bonds. The molecule has 56 heavy (non-hydrogen) atoms. The number of aromatic hydroxyl groups is 2. The molecule has 2 spiro atoms. The van der Waals surface area contributed by atoms with E-state index in [0.29, 0.717) is 42.7 Å². The summed E-state index contributed by atoms with van der Waals surface area (Å²) in [7, 11) is 0. The number of piperidine rings is 2. The molecule has 3 aromatic carbocycles. The van der Waals surface area contributed by atoms with Crippen LogP contribution in [0.15, 0.2) is 54.6 Å². The molecule has 288 valence electrons. The fraction of sp³-hybridized carbons (Fsp3) is 0.532. The number of likely N-dealkylation sites (tertiary alicyclic amines) is 2. The zero-order valence-electron chi connectivity index (χ0n) is 31.7. The summed E-state index contributed by atoms with van der Waals surface area (Å²) in [5.41, 5.74) is 6.13. The molecule has 5 heterocycles. The van der Waals surface area contributed by atoms with Gasteiger partial charge < -0.3 is 34.5 Å². The van der Waals surface area contributed by atoms with Gasteiger partial charge in [-0.3, -0.25) is 9.80 Å². The second kappa shape index (κ2) is 10.2. The molecule has 2 saturated carbocycles. The average Bonchev–Trinajstić information content (AvgIpc) is 4.10.